The van der Waals surface area contributed by atoms with E-state index >= 15 is 0 Å². The van der Waals surface area contributed by atoms with Crippen LogP contribution in [0.4, 0.5) is 5.69 Å². The van der Waals surface area contributed by atoms with Crippen LogP contribution in [0.15, 0.2) is 34.2 Å². The van der Waals surface area contributed by atoms with E-state index in [1.165, 1.54) is 0 Å². The van der Waals surface area contributed by atoms with Crippen molar-refractivity contribution in [3.63, 3.8) is 0 Å². The number of thioether (sulfide) groups is 1. The summed E-state index contributed by atoms with van der Waals surface area (Å²) in [6, 6.07) is 7.97. The van der Waals surface area contributed by atoms with Gasteiger partial charge in [0.2, 0.25) is 0 Å². The second-order valence-corrected chi connectivity index (χ2v) is 3.28. The highest BCUT2D eigenvalue weighted by Crippen LogP contribution is 2.24. The van der Waals surface area contributed by atoms with Crippen molar-refractivity contribution in [1.29, 1.82) is 0 Å². The standard InChI is InChI=1S/C9H13N3S/c1-11-9(10)12-7-5-3-4-6-8(7)13-2/h3-6H,1-2H3,(H3,10,11,12). The van der Waals surface area contributed by atoms with Crippen LogP contribution in [0.3, 0.4) is 0 Å². The summed E-state index contributed by atoms with van der Waals surface area (Å²) < 4.78 is 0. The number of nitrogens with one attached hydrogen (secondary N) is 1. The molecule has 0 radical (unpaired) electrons. The third kappa shape index (κ3) is 2.66. The molecule has 0 aliphatic rings. The summed E-state index contributed by atoms with van der Waals surface area (Å²) in [6.45, 7) is 0. The molecule has 3 N–H and O–H groups in total. The minimum atomic E-state index is 0.432. The molecule has 70 valence electrons. The highest BCUT2D eigenvalue weighted by atomic mass is 32.2. The van der Waals surface area contributed by atoms with Crippen molar-refractivity contribution in [1.82, 2.24) is 0 Å². The number of nitrogens with zero attached hydrogens (tertiary/aromatic N) is 1. The molecule has 0 heterocycles. The predicted molar refractivity (Wildman–Crippen MR) is 59.4 cm³/mol. The van der Waals surface area contributed by atoms with Crippen molar-refractivity contribution < 1.29 is 0 Å². The molecule has 13 heavy (non-hydrogen) atoms. The van der Waals surface area contributed by atoms with Crippen molar-refractivity contribution in [3.05, 3.63) is 24.3 Å². The van der Waals surface area contributed by atoms with Crippen molar-refractivity contribution in [2.24, 2.45) is 10.7 Å². The van der Waals surface area contributed by atoms with E-state index in [0.717, 1.165) is 10.6 Å². The molecule has 1 aromatic carbocycles. The first-order chi connectivity index (χ1) is 6.27. The fraction of sp³-hybridized carbons (Fsp3) is 0.222. The number of hydrogen-bond donors (Lipinski definition) is 2. The first-order valence-electron chi connectivity index (χ1n) is 3.90. The number of benzene rings is 1. The average Bonchev–Trinajstić information content (AvgIpc) is 2.18. The Hall–Kier alpha value is -1.16. The maximum Gasteiger partial charge on any atom is 0.192 e. The minimum absolute atomic E-state index is 0.432. The van der Waals surface area contributed by atoms with Crippen molar-refractivity contribution in [3.8, 4) is 0 Å². The molecule has 0 aliphatic heterocycles. The molecule has 0 spiro atoms. The molecule has 0 unspecified atom stereocenters. The van der Waals surface area contributed by atoms with Gasteiger partial charge in [-0.3, -0.25) is 4.99 Å². The first kappa shape index (κ1) is 9.92. The Morgan fingerprint density at radius 3 is 2.77 bits per heavy atom. The third-order valence-corrected chi connectivity index (χ3v) is 2.41. The smallest absolute Gasteiger partial charge is 0.192 e. The summed E-state index contributed by atoms with van der Waals surface area (Å²) in [5.41, 5.74) is 6.56. The monoisotopic (exact) mass is 195 g/mol. The third-order valence-electron chi connectivity index (χ3n) is 1.61. The van der Waals surface area contributed by atoms with Gasteiger partial charge in [-0.2, -0.15) is 0 Å². The fourth-order valence-electron chi connectivity index (χ4n) is 0.942. The number of rotatable bonds is 2. The van der Waals surface area contributed by atoms with Gasteiger partial charge in [-0.1, -0.05) is 12.1 Å². The molecule has 0 aromatic heterocycles. The molecule has 0 atom stereocenters. The van der Waals surface area contributed by atoms with E-state index in [2.05, 4.69) is 10.3 Å². The molecule has 0 aliphatic carbocycles. The summed E-state index contributed by atoms with van der Waals surface area (Å²) in [7, 11) is 1.66. The zero-order valence-corrected chi connectivity index (χ0v) is 8.56. The average molecular weight is 195 g/mol. The Labute approximate surface area is 82.4 Å². The lowest BCUT2D eigenvalue weighted by Gasteiger charge is -2.08. The molecule has 0 fully saturated rings. The van der Waals surface area contributed by atoms with Gasteiger partial charge in [-0.15, -0.1) is 11.8 Å². The predicted octanol–water partition coefficient (Wildman–Crippen LogP) is 1.76. The molecule has 0 saturated carbocycles. The lowest BCUT2D eigenvalue weighted by atomic mass is 10.3. The topological polar surface area (TPSA) is 50.4 Å². The van der Waals surface area contributed by atoms with E-state index in [9.17, 15) is 0 Å². The lowest BCUT2D eigenvalue weighted by molar-refractivity contribution is 1.35. The Kier molecular flexibility index (Phi) is 3.64. The molecule has 4 heteroatoms. The van der Waals surface area contributed by atoms with Gasteiger partial charge < -0.3 is 11.1 Å². The molecule has 3 nitrogen and oxygen atoms in total. The normalized spacial score (nSPS) is 11.4. The highest BCUT2D eigenvalue weighted by molar-refractivity contribution is 7.98. The van der Waals surface area contributed by atoms with Crippen LogP contribution < -0.4 is 11.1 Å². The summed E-state index contributed by atoms with van der Waals surface area (Å²) >= 11 is 1.67. The quantitative estimate of drug-likeness (QED) is 0.429. The summed E-state index contributed by atoms with van der Waals surface area (Å²) in [4.78, 5) is 4.99. The SMILES string of the molecule is CN=C(N)Nc1ccccc1SC. The number of hydrogen-bond acceptors (Lipinski definition) is 2. The van der Waals surface area contributed by atoms with Gasteiger partial charge in [-0.05, 0) is 18.4 Å². The number of para-hydroxylation sites is 1. The van der Waals surface area contributed by atoms with Crippen LogP contribution in [-0.4, -0.2) is 19.3 Å². The van der Waals surface area contributed by atoms with Gasteiger partial charge in [0.25, 0.3) is 0 Å². The van der Waals surface area contributed by atoms with Crippen LogP contribution in [0.5, 0.6) is 0 Å². The Morgan fingerprint density at radius 2 is 2.15 bits per heavy atom. The summed E-state index contributed by atoms with van der Waals surface area (Å²) in [5, 5.41) is 3.02. The van der Waals surface area contributed by atoms with Gasteiger partial charge in [0, 0.05) is 11.9 Å². The molecule has 1 aromatic rings. The highest BCUT2D eigenvalue weighted by Gasteiger charge is 1.99. The molecular weight excluding hydrogens is 182 g/mol. The zero-order valence-electron chi connectivity index (χ0n) is 7.74. The van der Waals surface area contributed by atoms with Crippen molar-refractivity contribution >= 4 is 23.4 Å². The summed E-state index contributed by atoms with van der Waals surface area (Å²) in [5.74, 6) is 0.432. The van der Waals surface area contributed by atoms with Crippen LogP contribution in [0.2, 0.25) is 0 Å². The molecule has 0 saturated heterocycles. The molecule has 1 rings (SSSR count). The Balaban J connectivity index is 2.87. The molecule has 0 amide bonds. The van der Waals surface area contributed by atoms with E-state index in [4.69, 9.17) is 5.73 Å². The van der Waals surface area contributed by atoms with Crippen LogP contribution >= 0.6 is 11.8 Å². The number of anilines is 1. The van der Waals surface area contributed by atoms with Gasteiger partial charge in [0.1, 0.15) is 0 Å². The zero-order chi connectivity index (χ0) is 9.68. The van der Waals surface area contributed by atoms with Gasteiger partial charge >= 0.3 is 0 Å². The maximum atomic E-state index is 5.56. The van der Waals surface area contributed by atoms with E-state index in [1.807, 2.05) is 30.5 Å². The second-order valence-electron chi connectivity index (χ2n) is 2.43. The maximum absolute atomic E-state index is 5.56. The number of aliphatic imine (C=N–C) groups is 1. The Morgan fingerprint density at radius 1 is 1.46 bits per heavy atom. The van der Waals surface area contributed by atoms with Crippen LogP contribution in [0.1, 0.15) is 0 Å². The van der Waals surface area contributed by atoms with E-state index < -0.39 is 0 Å². The number of guanidine groups is 1. The van der Waals surface area contributed by atoms with Crippen molar-refractivity contribution in [2.45, 2.75) is 4.90 Å². The number of nitrogens with two attached hydrogens (primary N) is 1. The van der Waals surface area contributed by atoms with Crippen LogP contribution in [0.25, 0.3) is 0 Å². The van der Waals surface area contributed by atoms with Crippen LogP contribution in [0, 0.1) is 0 Å². The largest absolute Gasteiger partial charge is 0.370 e. The van der Waals surface area contributed by atoms with Crippen molar-refractivity contribution in [2.75, 3.05) is 18.6 Å². The molecule has 0 bridgehead atoms. The van der Waals surface area contributed by atoms with Gasteiger partial charge in [0.05, 0.1) is 5.69 Å². The lowest BCUT2D eigenvalue weighted by Crippen LogP contribution is -2.22. The minimum Gasteiger partial charge on any atom is -0.370 e. The molecular formula is C9H13N3S. The fourth-order valence-corrected chi connectivity index (χ4v) is 1.50. The second kappa shape index (κ2) is 4.77. The van der Waals surface area contributed by atoms with Gasteiger partial charge in [0.15, 0.2) is 5.96 Å². The first-order valence-corrected chi connectivity index (χ1v) is 5.12. The van der Waals surface area contributed by atoms with E-state index in [0.29, 0.717) is 5.96 Å². The van der Waals surface area contributed by atoms with Crippen LogP contribution in [-0.2, 0) is 0 Å². The van der Waals surface area contributed by atoms with Gasteiger partial charge in [-0.25, -0.2) is 0 Å². The van der Waals surface area contributed by atoms with E-state index in [1.54, 1.807) is 18.8 Å². The van der Waals surface area contributed by atoms with E-state index in [-0.39, 0.29) is 0 Å². The Bertz CT molecular complexity index is 309. The summed E-state index contributed by atoms with van der Waals surface area (Å²) in [6.07, 6.45) is 2.03.